The lowest BCUT2D eigenvalue weighted by molar-refractivity contribution is -0.384. The van der Waals surface area contributed by atoms with Crippen LogP contribution in [0.4, 0.5) is 5.69 Å². The third-order valence-electron chi connectivity index (χ3n) is 3.16. The van der Waals surface area contributed by atoms with Gasteiger partial charge in [-0.2, -0.15) is 5.10 Å². The first-order chi connectivity index (χ1) is 12.0. The summed E-state index contributed by atoms with van der Waals surface area (Å²) >= 11 is 0. The standard InChI is InChI=1S/C16H15N5O4/c1-11(12-4-2-6-14(8-12)21(24)25)19-20-15(22)10-18-16(23)13-5-3-7-17-9-13/h2-9H,10H2,1H3,(H,18,23)(H,20,22). The molecule has 0 aliphatic heterocycles. The number of carbonyl (C=O) groups excluding carboxylic acids is 2. The normalized spacial score (nSPS) is 10.8. The molecule has 0 unspecified atom stereocenters. The summed E-state index contributed by atoms with van der Waals surface area (Å²) in [7, 11) is 0. The van der Waals surface area contributed by atoms with Crippen molar-refractivity contribution in [2.45, 2.75) is 6.92 Å². The number of hydrogen-bond donors (Lipinski definition) is 2. The van der Waals surface area contributed by atoms with Crippen molar-refractivity contribution < 1.29 is 14.5 Å². The summed E-state index contributed by atoms with van der Waals surface area (Å²) in [5, 5.41) is 17.1. The molecule has 128 valence electrons. The Morgan fingerprint density at radius 1 is 1.24 bits per heavy atom. The van der Waals surface area contributed by atoms with Crippen LogP contribution in [0.1, 0.15) is 22.8 Å². The number of amides is 2. The number of nitrogens with zero attached hydrogens (tertiary/aromatic N) is 3. The summed E-state index contributed by atoms with van der Waals surface area (Å²) in [6.45, 7) is 1.34. The van der Waals surface area contributed by atoms with Gasteiger partial charge in [-0.15, -0.1) is 0 Å². The zero-order chi connectivity index (χ0) is 18.2. The molecule has 2 rings (SSSR count). The number of pyridine rings is 1. The molecule has 0 saturated heterocycles. The van der Waals surface area contributed by atoms with Crippen molar-refractivity contribution in [3.05, 3.63) is 70.0 Å². The Kier molecular flexibility index (Phi) is 5.88. The maximum Gasteiger partial charge on any atom is 0.270 e. The number of hydrogen-bond acceptors (Lipinski definition) is 6. The molecule has 0 fully saturated rings. The number of nitrogens with one attached hydrogen (secondary N) is 2. The van der Waals surface area contributed by atoms with Gasteiger partial charge < -0.3 is 5.32 Å². The van der Waals surface area contributed by atoms with Gasteiger partial charge in [0.25, 0.3) is 17.5 Å². The van der Waals surface area contributed by atoms with Gasteiger partial charge in [-0.25, -0.2) is 5.43 Å². The largest absolute Gasteiger partial charge is 0.343 e. The van der Waals surface area contributed by atoms with E-state index in [1.807, 2.05) is 0 Å². The van der Waals surface area contributed by atoms with Crippen LogP contribution in [0.15, 0.2) is 53.9 Å². The number of hydrazone groups is 1. The molecule has 1 aromatic heterocycles. The zero-order valence-corrected chi connectivity index (χ0v) is 13.3. The van der Waals surface area contributed by atoms with Crippen molar-refractivity contribution in [1.82, 2.24) is 15.7 Å². The van der Waals surface area contributed by atoms with E-state index in [9.17, 15) is 19.7 Å². The van der Waals surface area contributed by atoms with Crippen molar-refractivity contribution in [3.63, 3.8) is 0 Å². The molecular weight excluding hydrogens is 326 g/mol. The van der Waals surface area contributed by atoms with E-state index >= 15 is 0 Å². The Balaban J connectivity index is 1.90. The van der Waals surface area contributed by atoms with Crippen LogP contribution in [0.5, 0.6) is 0 Å². The van der Waals surface area contributed by atoms with Crippen molar-refractivity contribution in [1.29, 1.82) is 0 Å². The lowest BCUT2D eigenvalue weighted by Crippen LogP contribution is -2.35. The van der Waals surface area contributed by atoms with Crippen LogP contribution >= 0.6 is 0 Å². The average molecular weight is 341 g/mol. The van der Waals surface area contributed by atoms with Gasteiger partial charge in [0.2, 0.25) is 0 Å². The van der Waals surface area contributed by atoms with Gasteiger partial charge in [-0.05, 0) is 19.1 Å². The smallest absolute Gasteiger partial charge is 0.270 e. The summed E-state index contributed by atoms with van der Waals surface area (Å²) < 4.78 is 0. The van der Waals surface area contributed by atoms with Gasteiger partial charge in [0.1, 0.15) is 0 Å². The SMILES string of the molecule is CC(=NNC(=O)CNC(=O)c1cccnc1)c1cccc([N+](=O)[O-])c1. The lowest BCUT2D eigenvalue weighted by Gasteiger charge is -2.05. The average Bonchev–Trinajstić information content (AvgIpc) is 2.64. The van der Waals surface area contributed by atoms with Gasteiger partial charge >= 0.3 is 0 Å². The summed E-state index contributed by atoms with van der Waals surface area (Å²) in [5.74, 6) is -0.954. The second kappa shape index (κ2) is 8.29. The van der Waals surface area contributed by atoms with E-state index < -0.39 is 16.7 Å². The van der Waals surface area contributed by atoms with Crippen LogP contribution < -0.4 is 10.7 Å². The molecule has 9 heteroatoms. The summed E-state index contributed by atoms with van der Waals surface area (Å²) in [4.78, 5) is 37.6. The predicted molar refractivity (Wildman–Crippen MR) is 90.0 cm³/mol. The van der Waals surface area contributed by atoms with Crippen molar-refractivity contribution >= 4 is 23.2 Å². The predicted octanol–water partition coefficient (Wildman–Crippen LogP) is 1.26. The number of carbonyl (C=O) groups is 2. The number of non-ortho nitro benzene ring substituents is 1. The van der Waals surface area contributed by atoms with Crippen LogP contribution in [-0.4, -0.2) is 34.0 Å². The number of nitro groups is 1. The minimum absolute atomic E-state index is 0.0675. The highest BCUT2D eigenvalue weighted by Crippen LogP contribution is 2.13. The Morgan fingerprint density at radius 3 is 2.68 bits per heavy atom. The third kappa shape index (κ3) is 5.20. The topological polar surface area (TPSA) is 127 Å². The van der Waals surface area contributed by atoms with E-state index in [1.165, 1.54) is 30.6 Å². The Hall–Kier alpha value is -3.62. The van der Waals surface area contributed by atoms with Crippen molar-refractivity contribution in [3.8, 4) is 0 Å². The van der Waals surface area contributed by atoms with E-state index in [1.54, 1.807) is 25.1 Å². The van der Waals surface area contributed by atoms with E-state index in [0.29, 0.717) is 16.8 Å². The van der Waals surface area contributed by atoms with Gasteiger partial charge in [-0.1, -0.05) is 12.1 Å². The zero-order valence-electron chi connectivity index (χ0n) is 13.3. The molecule has 1 heterocycles. The molecule has 1 aromatic carbocycles. The maximum absolute atomic E-state index is 11.8. The number of nitro benzene ring substituents is 1. The molecule has 0 bridgehead atoms. The van der Waals surface area contributed by atoms with Crippen LogP contribution in [0.2, 0.25) is 0 Å². The highest BCUT2D eigenvalue weighted by Gasteiger charge is 2.09. The summed E-state index contributed by atoms with van der Waals surface area (Å²) in [6.07, 6.45) is 2.92. The van der Waals surface area contributed by atoms with Gasteiger partial charge in [0.05, 0.1) is 22.7 Å². The minimum Gasteiger partial charge on any atom is -0.343 e. The summed E-state index contributed by atoms with van der Waals surface area (Å²) in [6, 6.07) is 9.08. The first kappa shape index (κ1) is 17.7. The van der Waals surface area contributed by atoms with Crippen LogP contribution in [-0.2, 0) is 4.79 Å². The monoisotopic (exact) mass is 341 g/mol. The molecule has 25 heavy (non-hydrogen) atoms. The van der Waals surface area contributed by atoms with Gasteiger partial charge in [0.15, 0.2) is 0 Å². The Bertz CT molecular complexity index is 820. The molecule has 0 saturated carbocycles. The minimum atomic E-state index is -0.526. The first-order valence-electron chi connectivity index (χ1n) is 7.23. The second-order valence-corrected chi connectivity index (χ2v) is 4.96. The molecular formula is C16H15N5O4. The second-order valence-electron chi connectivity index (χ2n) is 4.96. The molecule has 0 aliphatic carbocycles. The number of benzene rings is 1. The third-order valence-corrected chi connectivity index (χ3v) is 3.16. The molecule has 0 radical (unpaired) electrons. The molecule has 0 aliphatic rings. The van der Waals surface area contributed by atoms with Crippen molar-refractivity contribution in [2.24, 2.45) is 5.10 Å². The molecule has 2 amide bonds. The molecule has 2 aromatic rings. The highest BCUT2D eigenvalue weighted by molar-refractivity contribution is 6.00. The lowest BCUT2D eigenvalue weighted by atomic mass is 10.1. The van der Waals surface area contributed by atoms with E-state index in [4.69, 9.17) is 0 Å². The highest BCUT2D eigenvalue weighted by atomic mass is 16.6. The van der Waals surface area contributed by atoms with Gasteiger partial charge in [-0.3, -0.25) is 24.7 Å². The fourth-order valence-corrected chi connectivity index (χ4v) is 1.85. The summed E-state index contributed by atoms with van der Waals surface area (Å²) in [5.41, 5.74) is 3.46. The van der Waals surface area contributed by atoms with Gasteiger partial charge in [0, 0.05) is 30.1 Å². The van der Waals surface area contributed by atoms with Crippen molar-refractivity contribution in [2.75, 3.05) is 6.54 Å². The van der Waals surface area contributed by atoms with Crippen LogP contribution in [0, 0.1) is 10.1 Å². The Morgan fingerprint density at radius 2 is 2.00 bits per heavy atom. The molecule has 9 nitrogen and oxygen atoms in total. The van der Waals surface area contributed by atoms with E-state index in [-0.39, 0.29) is 12.2 Å². The van der Waals surface area contributed by atoms with Crippen LogP contribution in [0.3, 0.4) is 0 Å². The fourth-order valence-electron chi connectivity index (χ4n) is 1.85. The van der Waals surface area contributed by atoms with E-state index in [2.05, 4.69) is 20.8 Å². The van der Waals surface area contributed by atoms with Crippen LogP contribution in [0.25, 0.3) is 0 Å². The maximum atomic E-state index is 11.8. The number of aromatic nitrogens is 1. The quantitative estimate of drug-likeness (QED) is 0.464. The van der Waals surface area contributed by atoms with E-state index in [0.717, 1.165) is 0 Å². The Labute approximate surface area is 142 Å². The first-order valence-corrected chi connectivity index (χ1v) is 7.23. The molecule has 0 atom stereocenters. The molecule has 0 spiro atoms. The molecule has 2 N–H and O–H groups in total. The number of rotatable bonds is 6. The fraction of sp³-hybridized carbons (Fsp3) is 0.125.